The third-order valence-electron chi connectivity index (χ3n) is 4.02. The first-order valence-corrected chi connectivity index (χ1v) is 8.04. The zero-order chi connectivity index (χ0) is 15.2. The molecule has 2 aromatic rings. The Labute approximate surface area is 131 Å². The Hall–Kier alpha value is -2.17. The number of nitrogens with one attached hydrogen (secondary N) is 2. The maximum absolute atomic E-state index is 4.51. The quantitative estimate of drug-likeness (QED) is 0.884. The SMILES string of the molecule is Cc1nc(NCc2ccncc2)cc(NC2CCCCC2)n1. The van der Waals surface area contributed by atoms with Crippen molar-refractivity contribution in [2.45, 2.75) is 51.6 Å². The number of hydrogen-bond acceptors (Lipinski definition) is 5. The minimum absolute atomic E-state index is 0.552. The van der Waals surface area contributed by atoms with Crippen LogP contribution < -0.4 is 10.6 Å². The number of rotatable bonds is 5. The minimum atomic E-state index is 0.552. The van der Waals surface area contributed by atoms with E-state index in [0.717, 1.165) is 24.0 Å². The Kier molecular flexibility index (Phi) is 4.83. The van der Waals surface area contributed by atoms with Crippen molar-refractivity contribution in [1.82, 2.24) is 15.0 Å². The molecule has 0 atom stereocenters. The normalized spacial score (nSPS) is 15.5. The van der Waals surface area contributed by atoms with E-state index < -0.39 is 0 Å². The Morgan fingerprint density at radius 2 is 1.77 bits per heavy atom. The predicted octanol–water partition coefficient (Wildman–Crippen LogP) is 3.54. The number of aryl methyl sites for hydroxylation is 1. The molecule has 2 N–H and O–H groups in total. The maximum Gasteiger partial charge on any atom is 0.132 e. The van der Waals surface area contributed by atoms with Gasteiger partial charge in [-0.1, -0.05) is 19.3 Å². The Bertz CT molecular complexity index is 593. The van der Waals surface area contributed by atoms with Gasteiger partial charge in [0.1, 0.15) is 17.5 Å². The molecule has 0 bridgehead atoms. The van der Waals surface area contributed by atoms with E-state index in [2.05, 4.69) is 25.6 Å². The van der Waals surface area contributed by atoms with E-state index in [0.29, 0.717) is 6.04 Å². The summed E-state index contributed by atoms with van der Waals surface area (Å²) in [4.78, 5) is 13.0. The molecule has 5 nitrogen and oxygen atoms in total. The van der Waals surface area contributed by atoms with Crippen LogP contribution in [0.5, 0.6) is 0 Å². The first-order chi connectivity index (χ1) is 10.8. The first-order valence-electron chi connectivity index (χ1n) is 8.04. The first kappa shape index (κ1) is 14.8. The van der Waals surface area contributed by atoms with Crippen LogP contribution in [0.4, 0.5) is 11.6 Å². The summed E-state index contributed by atoms with van der Waals surface area (Å²) in [5.74, 6) is 2.58. The number of aromatic nitrogens is 3. The molecule has 2 heterocycles. The summed E-state index contributed by atoms with van der Waals surface area (Å²) in [7, 11) is 0. The maximum atomic E-state index is 4.51. The van der Waals surface area contributed by atoms with Gasteiger partial charge in [-0.05, 0) is 37.5 Å². The molecular weight excluding hydrogens is 274 g/mol. The molecule has 3 rings (SSSR count). The molecule has 0 aliphatic heterocycles. The zero-order valence-corrected chi connectivity index (χ0v) is 13.0. The van der Waals surface area contributed by atoms with E-state index >= 15 is 0 Å². The summed E-state index contributed by atoms with van der Waals surface area (Å²) in [5, 5.41) is 6.92. The fraction of sp³-hybridized carbons (Fsp3) is 0.471. The van der Waals surface area contributed by atoms with Crippen LogP contribution in [0.1, 0.15) is 43.5 Å². The van der Waals surface area contributed by atoms with Gasteiger partial charge < -0.3 is 10.6 Å². The van der Waals surface area contributed by atoms with E-state index in [1.54, 1.807) is 12.4 Å². The third-order valence-corrected chi connectivity index (χ3v) is 4.02. The van der Waals surface area contributed by atoms with Gasteiger partial charge in [0, 0.05) is 31.0 Å². The van der Waals surface area contributed by atoms with Crippen molar-refractivity contribution in [3.63, 3.8) is 0 Å². The van der Waals surface area contributed by atoms with Crippen molar-refractivity contribution in [2.24, 2.45) is 0 Å². The highest BCUT2D eigenvalue weighted by molar-refractivity contribution is 5.48. The van der Waals surface area contributed by atoms with Crippen LogP contribution in [0.2, 0.25) is 0 Å². The molecule has 0 aromatic carbocycles. The van der Waals surface area contributed by atoms with Crippen molar-refractivity contribution in [1.29, 1.82) is 0 Å². The number of nitrogens with zero attached hydrogens (tertiary/aromatic N) is 3. The van der Waals surface area contributed by atoms with Gasteiger partial charge in [0.2, 0.25) is 0 Å². The van der Waals surface area contributed by atoms with E-state index in [4.69, 9.17) is 0 Å². The summed E-state index contributed by atoms with van der Waals surface area (Å²) in [6.07, 6.45) is 10.1. The minimum Gasteiger partial charge on any atom is -0.367 e. The summed E-state index contributed by atoms with van der Waals surface area (Å²) in [6.45, 7) is 2.67. The smallest absolute Gasteiger partial charge is 0.132 e. The average molecular weight is 297 g/mol. The van der Waals surface area contributed by atoms with Crippen LogP contribution in [0.3, 0.4) is 0 Å². The summed E-state index contributed by atoms with van der Waals surface area (Å²) in [5.41, 5.74) is 1.19. The number of pyridine rings is 1. The molecule has 1 aliphatic carbocycles. The summed E-state index contributed by atoms with van der Waals surface area (Å²) >= 11 is 0. The van der Waals surface area contributed by atoms with E-state index in [1.165, 1.54) is 37.7 Å². The van der Waals surface area contributed by atoms with Crippen molar-refractivity contribution >= 4 is 11.6 Å². The van der Waals surface area contributed by atoms with Crippen LogP contribution >= 0.6 is 0 Å². The molecule has 22 heavy (non-hydrogen) atoms. The second kappa shape index (κ2) is 7.20. The lowest BCUT2D eigenvalue weighted by Crippen LogP contribution is -2.23. The monoisotopic (exact) mass is 297 g/mol. The standard InChI is InChI=1S/C17H23N5/c1-13-20-16(19-12-14-7-9-18-10-8-14)11-17(21-13)22-15-5-3-2-4-6-15/h7-11,15H,2-6,12H2,1H3,(H2,19,20,21,22). The molecule has 0 unspecified atom stereocenters. The molecular formula is C17H23N5. The molecule has 0 amide bonds. The Morgan fingerprint density at radius 1 is 1.05 bits per heavy atom. The van der Waals surface area contributed by atoms with Crippen LogP contribution in [0, 0.1) is 6.92 Å². The molecule has 0 saturated heterocycles. The van der Waals surface area contributed by atoms with E-state index in [-0.39, 0.29) is 0 Å². The molecule has 0 radical (unpaired) electrons. The Morgan fingerprint density at radius 3 is 2.55 bits per heavy atom. The lowest BCUT2D eigenvalue weighted by Gasteiger charge is -2.23. The van der Waals surface area contributed by atoms with Crippen molar-refractivity contribution < 1.29 is 0 Å². The van der Waals surface area contributed by atoms with Crippen molar-refractivity contribution in [3.05, 3.63) is 42.0 Å². The zero-order valence-electron chi connectivity index (χ0n) is 13.0. The van der Waals surface area contributed by atoms with E-state index in [1.807, 2.05) is 25.1 Å². The lowest BCUT2D eigenvalue weighted by atomic mass is 9.95. The van der Waals surface area contributed by atoms with Gasteiger partial charge in [0.25, 0.3) is 0 Å². The molecule has 5 heteroatoms. The largest absolute Gasteiger partial charge is 0.367 e. The fourth-order valence-electron chi connectivity index (χ4n) is 2.88. The molecule has 0 spiro atoms. The van der Waals surface area contributed by atoms with Gasteiger partial charge in [-0.15, -0.1) is 0 Å². The highest BCUT2D eigenvalue weighted by Crippen LogP contribution is 2.22. The third kappa shape index (κ3) is 4.16. The van der Waals surface area contributed by atoms with Gasteiger partial charge in [0.05, 0.1) is 0 Å². The van der Waals surface area contributed by atoms with Gasteiger partial charge in [-0.3, -0.25) is 4.98 Å². The highest BCUT2D eigenvalue weighted by atomic mass is 15.1. The predicted molar refractivity (Wildman–Crippen MR) is 88.8 cm³/mol. The van der Waals surface area contributed by atoms with Gasteiger partial charge in [-0.2, -0.15) is 0 Å². The van der Waals surface area contributed by atoms with Crippen LogP contribution in [-0.2, 0) is 6.54 Å². The number of anilines is 2. The molecule has 1 aliphatic rings. The van der Waals surface area contributed by atoms with E-state index in [9.17, 15) is 0 Å². The van der Waals surface area contributed by atoms with Crippen LogP contribution in [0.15, 0.2) is 30.6 Å². The average Bonchev–Trinajstić information content (AvgIpc) is 2.54. The molecule has 1 fully saturated rings. The van der Waals surface area contributed by atoms with Crippen molar-refractivity contribution in [3.8, 4) is 0 Å². The van der Waals surface area contributed by atoms with Gasteiger partial charge >= 0.3 is 0 Å². The van der Waals surface area contributed by atoms with Crippen molar-refractivity contribution in [2.75, 3.05) is 10.6 Å². The molecule has 116 valence electrons. The van der Waals surface area contributed by atoms with Crippen LogP contribution in [-0.4, -0.2) is 21.0 Å². The number of hydrogen-bond donors (Lipinski definition) is 2. The summed E-state index contributed by atoms with van der Waals surface area (Å²) < 4.78 is 0. The summed E-state index contributed by atoms with van der Waals surface area (Å²) in [6, 6.07) is 6.56. The lowest BCUT2D eigenvalue weighted by molar-refractivity contribution is 0.462. The highest BCUT2D eigenvalue weighted by Gasteiger charge is 2.14. The molecule has 1 saturated carbocycles. The second-order valence-electron chi connectivity index (χ2n) is 5.87. The van der Waals surface area contributed by atoms with Gasteiger partial charge in [0.15, 0.2) is 0 Å². The topological polar surface area (TPSA) is 62.7 Å². The van der Waals surface area contributed by atoms with Gasteiger partial charge in [-0.25, -0.2) is 9.97 Å². The Balaban J connectivity index is 1.64. The second-order valence-corrected chi connectivity index (χ2v) is 5.87. The molecule has 2 aromatic heterocycles. The van der Waals surface area contributed by atoms with Crippen LogP contribution in [0.25, 0.3) is 0 Å². The fourth-order valence-corrected chi connectivity index (χ4v) is 2.88.